The first-order chi connectivity index (χ1) is 10.6. The summed E-state index contributed by atoms with van der Waals surface area (Å²) in [6.45, 7) is 0. The summed E-state index contributed by atoms with van der Waals surface area (Å²) in [7, 11) is 0. The zero-order valence-corrected chi connectivity index (χ0v) is 11.5. The Kier molecular flexibility index (Phi) is 3.74. The molecule has 2 amide bonds. The summed E-state index contributed by atoms with van der Waals surface area (Å²) >= 11 is 0. The topological polar surface area (TPSA) is 67.4 Å². The highest BCUT2D eigenvalue weighted by Gasteiger charge is 2.29. The molecule has 1 atom stereocenters. The SMILES string of the molecule is O=C(NNC(=O)[C@H]1Cc2ccccc2O1)c1ccccc1F. The van der Waals surface area contributed by atoms with E-state index in [1.165, 1.54) is 24.3 Å². The van der Waals surface area contributed by atoms with Crippen molar-refractivity contribution in [1.29, 1.82) is 0 Å². The minimum Gasteiger partial charge on any atom is -0.480 e. The van der Waals surface area contributed by atoms with Crippen LogP contribution < -0.4 is 15.6 Å². The van der Waals surface area contributed by atoms with E-state index in [-0.39, 0.29) is 5.56 Å². The van der Waals surface area contributed by atoms with Crippen LogP contribution in [0.15, 0.2) is 48.5 Å². The third-order valence-corrected chi connectivity index (χ3v) is 3.36. The molecule has 2 aromatic rings. The normalized spacial score (nSPS) is 15.6. The van der Waals surface area contributed by atoms with E-state index >= 15 is 0 Å². The largest absolute Gasteiger partial charge is 0.480 e. The lowest BCUT2D eigenvalue weighted by atomic mass is 10.1. The van der Waals surface area contributed by atoms with Gasteiger partial charge in [-0.1, -0.05) is 30.3 Å². The fourth-order valence-corrected chi connectivity index (χ4v) is 2.24. The van der Waals surface area contributed by atoms with Crippen LogP contribution in [0.1, 0.15) is 15.9 Å². The lowest BCUT2D eigenvalue weighted by Gasteiger charge is -2.12. The predicted molar refractivity (Wildman–Crippen MR) is 76.6 cm³/mol. The molecule has 0 aromatic heterocycles. The van der Waals surface area contributed by atoms with Gasteiger partial charge in [-0.2, -0.15) is 0 Å². The van der Waals surface area contributed by atoms with Gasteiger partial charge in [-0.3, -0.25) is 20.4 Å². The number of ether oxygens (including phenoxy) is 1. The molecule has 0 aliphatic carbocycles. The summed E-state index contributed by atoms with van der Waals surface area (Å²) in [5.41, 5.74) is 5.23. The molecule has 0 bridgehead atoms. The van der Waals surface area contributed by atoms with E-state index in [0.29, 0.717) is 12.2 Å². The molecule has 2 aromatic carbocycles. The van der Waals surface area contributed by atoms with Gasteiger partial charge < -0.3 is 4.74 Å². The molecule has 0 saturated carbocycles. The molecule has 3 rings (SSSR count). The van der Waals surface area contributed by atoms with Gasteiger partial charge in [0.15, 0.2) is 6.10 Å². The van der Waals surface area contributed by atoms with Gasteiger partial charge >= 0.3 is 0 Å². The van der Waals surface area contributed by atoms with Gasteiger partial charge in [0, 0.05) is 6.42 Å². The minimum absolute atomic E-state index is 0.140. The molecule has 1 aliphatic heterocycles. The molecule has 112 valence electrons. The second-order valence-corrected chi connectivity index (χ2v) is 4.84. The van der Waals surface area contributed by atoms with Crippen molar-refractivity contribution in [2.24, 2.45) is 0 Å². The van der Waals surface area contributed by atoms with Crippen molar-refractivity contribution in [3.8, 4) is 5.75 Å². The van der Waals surface area contributed by atoms with Crippen molar-refractivity contribution >= 4 is 11.8 Å². The first-order valence-electron chi connectivity index (χ1n) is 6.74. The van der Waals surface area contributed by atoms with E-state index in [0.717, 1.165) is 5.56 Å². The molecule has 22 heavy (non-hydrogen) atoms. The van der Waals surface area contributed by atoms with Crippen molar-refractivity contribution in [2.45, 2.75) is 12.5 Å². The van der Waals surface area contributed by atoms with Crippen molar-refractivity contribution in [2.75, 3.05) is 0 Å². The van der Waals surface area contributed by atoms with E-state index in [2.05, 4.69) is 10.9 Å². The monoisotopic (exact) mass is 300 g/mol. The second-order valence-electron chi connectivity index (χ2n) is 4.84. The van der Waals surface area contributed by atoms with Gasteiger partial charge in [0.2, 0.25) is 0 Å². The number of rotatable bonds is 2. The van der Waals surface area contributed by atoms with Crippen LogP contribution in [-0.2, 0) is 11.2 Å². The Morgan fingerprint density at radius 2 is 1.77 bits per heavy atom. The molecule has 1 heterocycles. The molecule has 0 unspecified atom stereocenters. The maximum atomic E-state index is 13.4. The summed E-state index contributed by atoms with van der Waals surface area (Å²) in [5.74, 6) is -1.20. The third-order valence-electron chi connectivity index (χ3n) is 3.36. The molecular weight excluding hydrogens is 287 g/mol. The number of hydrogen-bond donors (Lipinski definition) is 2. The van der Waals surface area contributed by atoms with Gasteiger partial charge in [0.1, 0.15) is 11.6 Å². The van der Waals surface area contributed by atoms with Gasteiger partial charge in [0.05, 0.1) is 5.56 Å². The first kappa shape index (κ1) is 14.1. The fourth-order valence-electron chi connectivity index (χ4n) is 2.24. The van der Waals surface area contributed by atoms with E-state index in [1.54, 1.807) is 6.07 Å². The molecule has 0 spiro atoms. The number of hydrazine groups is 1. The molecule has 0 radical (unpaired) electrons. The van der Waals surface area contributed by atoms with Crippen LogP contribution in [-0.4, -0.2) is 17.9 Å². The standard InChI is InChI=1S/C16H13FN2O3/c17-12-7-3-2-6-11(12)15(20)18-19-16(21)14-9-10-5-1-4-8-13(10)22-14/h1-8,14H,9H2,(H,18,20)(H,19,21)/t14-/m1/s1. The number of benzene rings is 2. The number of hydrogen-bond acceptors (Lipinski definition) is 3. The molecule has 0 saturated heterocycles. The van der Waals surface area contributed by atoms with Crippen molar-refractivity contribution in [3.63, 3.8) is 0 Å². The number of nitrogens with one attached hydrogen (secondary N) is 2. The van der Waals surface area contributed by atoms with E-state index in [4.69, 9.17) is 4.74 Å². The fraction of sp³-hybridized carbons (Fsp3) is 0.125. The maximum Gasteiger partial charge on any atom is 0.279 e. The van der Waals surface area contributed by atoms with Crippen LogP contribution >= 0.6 is 0 Å². The average molecular weight is 300 g/mol. The second kappa shape index (κ2) is 5.85. The Morgan fingerprint density at radius 3 is 2.55 bits per heavy atom. The highest BCUT2D eigenvalue weighted by atomic mass is 19.1. The van der Waals surface area contributed by atoms with Crippen molar-refractivity contribution in [1.82, 2.24) is 10.9 Å². The number of amides is 2. The number of carbonyl (C=O) groups is 2. The number of carbonyl (C=O) groups excluding carboxylic acids is 2. The molecular formula is C16H13FN2O3. The summed E-state index contributed by atoms with van der Waals surface area (Å²) in [6, 6.07) is 12.9. The molecule has 0 fully saturated rings. The van der Waals surface area contributed by atoms with Crippen LogP contribution in [0.2, 0.25) is 0 Å². The highest BCUT2D eigenvalue weighted by molar-refractivity contribution is 5.96. The maximum absolute atomic E-state index is 13.4. The Bertz CT molecular complexity index is 708. The predicted octanol–water partition coefficient (Wildman–Crippen LogP) is 1.59. The minimum atomic E-state index is -0.720. The molecule has 5 nitrogen and oxygen atoms in total. The Balaban J connectivity index is 1.58. The zero-order valence-electron chi connectivity index (χ0n) is 11.5. The smallest absolute Gasteiger partial charge is 0.279 e. The van der Waals surface area contributed by atoms with E-state index < -0.39 is 23.7 Å². The van der Waals surface area contributed by atoms with Gasteiger partial charge in [0.25, 0.3) is 11.8 Å². The lowest BCUT2D eigenvalue weighted by Crippen LogP contribution is -2.47. The quantitative estimate of drug-likeness (QED) is 0.828. The number of fused-ring (bicyclic) bond motifs is 1. The number of halogens is 1. The van der Waals surface area contributed by atoms with Crippen LogP contribution in [0, 0.1) is 5.82 Å². The van der Waals surface area contributed by atoms with E-state index in [9.17, 15) is 14.0 Å². The Labute approximate surface area is 126 Å². The summed E-state index contributed by atoms with van der Waals surface area (Å²) in [5, 5.41) is 0. The van der Waals surface area contributed by atoms with Crippen LogP contribution in [0.25, 0.3) is 0 Å². The zero-order chi connectivity index (χ0) is 15.5. The van der Waals surface area contributed by atoms with Gasteiger partial charge in [-0.15, -0.1) is 0 Å². The summed E-state index contributed by atoms with van der Waals surface area (Å²) in [6.07, 6.45) is -0.282. The summed E-state index contributed by atoms with van der Waals surface area (Å²) < 4.78 is 18.9. The Morgan fingerprint density at radius 1 is 1.05 bits per heavy atom. The summed E-state index contributed by atoms with van der Waals surface area (Å²) in [4.78, 5) is 23.8. The number of para-hydroxylation sites is 1. The third kappa shape index (κ3) is 2.76. The molecule has 1 aliphatic rings. The van der Waals surface area contributed by atoms with Crippen molar-refractivity contribution < 1.29 is 18.7 Å². The lowest BCUT2D eigenvalue weighted by molar-refractivity contribution is -0.128. The van der Waals surface area contributed by atoms with Crippen LogP contribution in [0.5, 0.6) is 5.75 Å². The molecule has 2 N–H and O–H groups in total. The average Bonchev–Trinajstić information content (AvgIpc) is 2.97. The van der Waals surface area contributed by atoms with E-state index in [1.807, 2.05) is 18.2 Å². The molecule has 6 heteroatoms. The van der Waals surface area contributed by atoms with Crippen LogP contribution in [0.3, 0.4) is 0 Å². The first-order valence-corrected chi connectivity index (χ1v) is 6.74. The van der Waals surface area contributed by atoms with Gasteiger partial charge in [-0.05, 0) is 23.8 Å². The highest BCUT2D eigenvalue weighted by Crippen LogP contribution is 2.27. The van der Waals surface area contributed by atoms with Crippen molar-refractivity contribution in [3.05, 3.63) is 65.5 Å². The van der Waals surface area contributed by atoms with Crippen LogP contribution in [0.4, 0.5) is 4.39 Å². The Hall–Kier alpha value is -2.89. The van der Waals surface area contributed by atoms with Gasteiger partial charge in [-0.25, -0.2) is 4.39 Å².